The standard InChI is InChI=1S/C13H15ClN2OS/c14-10-4-1-5-11-12(10)15-13(18)16(11)7-9-3-2-6-17-8-9/h1,4-5,9H,2-3,6-8H2,(H,15,18). The van der Waals surface area contributed by atoms with Crippen molar-refractivity contribution >= 4 is 34.9 Å². The van der Waals surface area contributed by atoms with Crippen LogP contribution in [-0.4, -0.2) is 22.8 Å². The second kappa shape index (κ2) is 5.03. The lowest BCUT2D eigenvalue weighted by Gasteiger charge is -2.22. The second-order valence-electron chi connectivity index (χ2n) is 4.76. The first-order valence-electron chi connectivity index (χ1n) is 6.20. The molecule has 0 amide bonds. The summed E-state index contributed by atoms with van der Waals surface area (Å²) in [7, 11) is 0. The maximum atomic E-state index is 6.17. The molecule has 2 aromatic rings. The first-order valence-corrected chi connectivity index (χ1v) is 6.99. The fourth-order valence-electron chi connectivity index (χ4n) is 2.54. The van der Waals surface area contributed by atoms with E-state index in [4.69, 9.17) is 28.6 Å². The molecule has 96 valence electrons. The Bertz CT molecular complexity index is 613. The first-order chi connectivity index (χ1) is 8.75. The third kappa shape index (κ3) is 2.20. The van der Waals surface area contributed by atoms with Gasteiger partial charge in [-0.1, -0.05) is 17.7 Å². The van der Waals surface area contributed by atoms with Gasteiger partial charge in [0.15, 0.2) is 4.77 Å². The topological polar surface area (TPSA) is 29.9 Å². The maximum absolute atomic E-state index is 6.17. The van der Waals surface area contributed by atoms with Crippen molar-refractivity contribution in [2.24, 2.45) is 5.92 Å². The Balaban J connectivity index is 1.98. The predicted octanol–water partition coefficient (Wildman–Crippen LogP) is 3.78. The molecule has 1 aliphatic rings. The third-order valence-corrected chi connectivity index (χ3v) is 4.09. The molecule has 2 heterocycles. The van der Waals surface area contributed by atoms with Crippen molar-refractivity contribution in [3.8, 4) is 0 Å². The number of imidazole rings is 1. The molecule has 5 heteroatoms. The fraction of sp³-hybridized carbons (Fsp3) is 0.462. The Kier molecular flexibility index (Phi) is 3.41. The number of hydrogen-bond acceptors (Lipinski definition) is 2. The van der Waals surface area contributed by atoms with Crippen LogP contribution in [0, 0.1) is 10.7 Å². The highest BCUT2D eigenvalue weighted by Gasteiger charge is 2.16. The van der Waals surface area contributed by atoms with Gasteiger partial charge in [-0.3, -0.25) is 0 Å². The van der Waals surface area contributed by atoms with Crippen molar-refractivity contribution in [2.45, 2.75) is 19.4 Å². The van der Waals surface area contributed by atoms with Gasteiger partial charge < -0.3 is 14.3 Å². The molecule has 0 bridgehead atoms. The zero-order valence-electron chi connectivity index (χ0n) is 9.99. The highest BCUT2D eigenvalue weighted by atomic mass is 35.5. The summed E-state index contributed by atoms with van der Waals surface area (Å²) in [5, 5.41) is 0.720. The Labute approximate surface area is 116 Å². The Morgan fingerprint density at radius 2 is 2.39 bits per heavy atom. The fourth-order valence-corrected chi connectivity index (χ4v) is 3.03. The van der Waals surface area contributed by atoms with E-state index >= 15 is 0 Å². The van der Waals surface area contributed by atoms with Gasteiger partial charge >= 0.3 is 0 Å². The number of fused-ring (bicyclic) bond motifs is 1. The van der Waals surface area contributed by atoms with Gasteiger partial charge in [0.1, 0.15) is 0 Å². The van der Waals surface area contributed by atoms with Crippen LogP contribution in [-0.2, 0) is 11.3 Å². The summed E-state index contributed by atoms with van der Waals surface area (Å²) in [6, 6.07) is 5.89. The minimum atomic E-state index is 0.545. The van der Waals surface area contributed by atoms with Crippen LogP contribution in [0.2, 0.25) is 5.02 Å². The molecule has 18 heavy (non-hydrogen) atoms. The van der Waals surface area contributed by atoms with E-state index in [1.807, 2.05) is 12.1 Å². The normalized spacial score (nSPS) is 20.4. The van der Waals surface area contributed by atoms with E-state index < -0.39 is 0 Å². The molecule has 3 rings (SSSR count). The van der Waals surface area contributed by atoms with E-state index in [1.54, 1.807) is 0 Å². The van der Waals surface area contributed by atoms with Crippen LogP contribution in [0.3, 0.4) is 0 Å². The minimum Gasteiger partial charge on any atom is -0.381 e. The summed E-state index contributed by atoms with van der Waals surface area (Å²) < 4.78 is 8.40. The molecule has 0 saturated carbocycles. The average molecular weight is 283 g/mol. The number of benzene rings is 1. The Morgan fingerprint density at radius 1 is 1.50 bits per heavy atom. The van der Waals surface area contributed by atoms with Crippen LogP contribution in [0.4, 0.5) is 0 Å². The number of aromatic amines is 1. The smallest absolute Gasteiger partial charge is 0.178 e. The van der Waals surface area contributed by atoms with E-state index in [1.165, 1.54) is 6.42 Å². The highest BCUT2D eigenvalue weighted by molar-refractivity contribution is 7.71. The zero-order valence-corrected chi connectivity index (χ0v) is 11.6. The second-order valence-corrected chi connectivity index (χ2v) is 5.55. The van der Waals surface area contributed by atoms with Crippen molar-refractivity contribution in [1.29, 1.82) is 0 Å². The van der Waals surface area contributed by atoms with E-state index in [2.05, 4.69) is 15.6 Å². The van der Waals surface area contributed by atoms with E-state index in [0.717, 1.165) is 47.0 Å². The van der Waals surface area contributed by atoms with Gasteiger partial charge in [-0.05, 0) is 37.2 Å². The largest absolute Gasteiger partial charge is 0.381 e. The van der Waals surface area contributed by atoms with Crippen LogP contribution in [0.15, 0.2) is 18.2 Å². The van der Waals surface area contributed by atoms with Crippen LogP contribution in [0.1, 0.15) is 12.8 Å². The number of para-hydroxylation sites is 1. The molecule has 1 atom stereocenters. The minimum absolute atomic E-state index is 0.545. The van der Waals surface area contributed by atoms with Gasteiger partial charge in [-0.25, -0.2) is 0 Å². The molecule has 1 fully saturated rings. The number of hydrogen-bond donors (Lipinski definition) is 1. The van der Waals surface area contributed by atoms with Crippen LogP contribution >= 0.6 is 23.8 Å². The molecule has 1 unspecified atom stereocenters. The van der Waals surface area contributed by atoms with Gasteiger partial charge in [0.25, 0.3) is 0 Å². The molecular weight excluding hydrogens is 268 g/mol. The summed E-state index contributed by atoms with van der Waals surface area (Å²) >= 11 is 11.6. The predicted molar refractivity (Wildman–Crippen MR) is 75.7 cm³/mol. The van der Waals surface area contributed by atoms with Crippen LogP contribution < -0.4 is 0 Å². The van der Waals surface area contributed by atoms with Crippen molar-refractivity contribution in [3.63, 3.8) is 0 Å². The lowest BCUT2D eigenvalue weighted by Crippen LogP contribution is -2.22. The maximum Gasteiger partial charge on any atom is 0.178 e. The third-order valence-electron chi connectivity index (χ3n) is 3.45. The molecule has 0 radical (unpaired) electrons. The molecule has 1 aliphatic heterocycles. The van der Waals surface area contributed by atoms with Crippen LogP contribution in [0.25, 0.3) is 11.0 Å². The molecule has 0 aliphatic carbocycles. The first kappa shape index (κ1) is 12.2. The van der Waals surface area contributed by atoms with Gasteiger partial charge in [0.2, 0.25) is 0 Å². The quantitative estimate of drug-likeness (QED) is 0.850. The zero-order chi connectivity index (χ0) is 12.5. The lowest BCUT2D eigenvalue weighted by atomic mass is 10.0. The van der Waals surface area contributed by atoms with E-state index in [0.29, 0.717) is 5.92 Å². The number of H-pyrrole nitrogens is 1. The summed E-state index contributed by atoms with van der Waals surface area (Å²) in [5.74, 6) is 0.545. The van der Waals surface area contributed by atoms with E-state index in [9.17, 15) is 0 Å². The summed E-state index contributed by atoms with van der Waals surface area (Å²) in [6.07, 6.45) is 2.34. The SMILES string of the molecule is S=c1[nH]c2c(Cl)cccc2n1CC1CCCOC1. The summed E-state index contributed by atoms with van der Waals surface area (Å²) in [4.78, 5) is 3.19. The van der Waals surface area contributed by atoms with Crippen LogP contribution in [0.5, 0.6) is 0 Å². The molecular formula is C13H15ClN2OS. The Hall–Kier alpha value is -0.840. The highest BCUT2D eigenvalue weighted by Crippen LogP contribution is 2.24. The van der Waals surface area contributed by atoms with Crippen molar-refractivity contribution < 1.29 is 4.74 Å². The summed E-state index contributed by atoms with van der Waals surface area (Å²) in [6.45, 7) is 2.62. The molecule has 1 aromatic carbocycles. The van der Waals surface area contributed by atoms with Gasteiger partial charge in [-0.15, -0.1) is 0 Å². The molecule has 1 N–H and O–H groups in total. The average Bonchev–Trinajstić information content (AvgIpc) is 2.70. The monoisotopic (exact) mass is 282 g/mol. The number of halogens is 1. The van der Waals surface area contributed by atoms with Gasteiger partial charge in [0, 0.05) is 19.1 Å². The van der Waals surface area contributed by atoms with Gasteiger partial charge in [-0.2, -0.15) is 0 Å². The number of nitrogens with one attached hydrogen (secondary N) is 1. The molecule has 0 spiro atoms. The number of nitrogens with zero attached hydrogens (tertiary/aromatic N) is 1. The van der Waals surface area contributed by atoms with Crippen molar-refractivity contribution in [2.75, 3.05) is 13.2 Å². The molecule has 1 saturated heterocycles. The Morgan fingerprint density at radius 3 is 3.17 bits per heavy atom. The number of ether oxygens (including phenoxy) is 1. The van der Waals surface area contributed by atoms with Crippen molar-refractivity contribution in [1.82, 2.24) is 9.55 Å². The van der Waals surface area contributed by atoms with Gasteiger partial charge in [0.05, 0.1) is 22.7 Å². The molecule has 3 nitrogen and oxygen atoms in total. The van der Waals surface area contributed by atoms with Crippen molar-refractivity contribution in [3.05, 3.63) is 28.0 Å². The lowest BCUT2D eigenvalue weighted by molar-refractivity contribution is 0.0486. The van der Waals surface area contributed by atoms with E-state index in [-0.39, 0.29) is 0 Å². The number of rotatable bonds is 2. The number of aromatic nitrogens is 2. The molecule has 1 aromatic heterocycles. The summed E-state index contributed by atoms with van der Waals surface area (Å²) in [5.41, 5.74) is 2.01.